The van der Waals surface area contributed by atoms with Gasteiger partial charge in [0.05, 0.1) is 0 Å². The molecule has 74 valence electrons. The van der Waals surface area contributed by atoms with Gasteiger partial charge in [0, 0.05) is 6.92 Å². The third-order valence-electron chi connectivity index (χ3n) is 1.39. The minimum absolute atomic E-state index is 0.0590. The summed E-state index contributed by atoms with van der Waals surface area (Å²) in [5.41, 5.74) is 11.1. The Kier molecular flexibility index (Phi) is 2.61. The Hall–Kier alpha value is -2.18. The first-order valence-electron chi connectivity index (χ1n) is 3.70. The summed E-state index contributed by atoms with van der Waals surface area (Å²) >= 11 is 0. The molecule has 1 aromatic heterocycles. The van der Waals surface area contributed by atoms with Crippen LogP contribution >= 0.6 is 0 Å². The van der Waals surface area contributed by atoms with Gasteiger partial charge in [0.25, 0.3) is 0 Å². The molecule has 0 radical (unpaired) electrons. The standard InChI is InChI=1S/C7H10N6O/c1-3(8)14-7(11)4-5(9)12-2-13-6(4)10/h2,8,11H,1H3,(H4,9,10,12,13). The summed E-state index contributed by atoms with van der Waals surface area (Å²) in [4.78, 5) is 7.33. The molecule has 0 amide bonds. The van der Waals surface area contributed by atoms with E-state index in [1.165, 1.54) is 13.3 Å². The fraction of sp³-hybridized carbons (Fsp3) is 0.143. The molecule has 0 aliphatic rings. The summed E-state index contributed by atoms with van der Waals surface area (Å²) in [5.74, 6) is -0.335. The number of nitrogens with two attached hydrogens (primary N) is 2. The number of hydrogen-bond acceptors (Lipinski definition) is 7. The zero-order chi connectivity index (χ0) is 10.7. The largest absolute Gasteiger partial charge is 0.425 e. The van der Waals surface area contributed by atoms with E-state index in [1.807, 2.05) is 0 Å². The molecule has 0 aromatic carbocycles. The second-order valence-electron chi connectivity index (χ2n) is 2.51. The van der Waals surface area contributed by atoms with Gasteiger partial charge in [-0.1, -0.05) is 0 Å². The first-order chi connectivity index (χ1) is 6.52. The lowest BCUT2D eigenvalue weighted by Crippen LogP contribution is -2.15. The second kappa shape index (κ2) is 3.69. The number of ether oxygens (including phenoxy) is 1. The number of nitrogens with zero attached hydrogens (tertiary/aromatic N) is 2. The van der Waals surface area contributed by atoms with E-state index in [0.717, 1.165) is 0 Å². The number of nitrogen functional groups attached to an aromatic ring is 2. The van der Waals surface area contributed by atoms with Crippen molar-refractivity contribution in [1.29, 1.82) is 10.8 Å². The van der Waals surface area contributed by atoms with Gasteiger partial charge >= 0.3 is 0 Å². The van der Waals surface area contributed by atoms with Crippen molar-refractivity contribution in [3.8, 4) is 0 Å². The van der Waals surface area contributed by atoms with Crippen LogP contribution in [0.1, 0.15) is 12.5 Å². The molecule has 0 aliphatic heterocycles. The first-order valence-corrected chi connectivity index (χ1v) is 3.70. The average Bonchev–Trinajstić information content (AvgIpc) is 2.01. The van der Waals surface area contributed by atoms with Crippen molar-refractivity contribution in [2.75, 3.05) is 11.5 Å². The Morgan fingerprint density at radius 3 is 2.21 bits per heavy atom. The molecule has 7 heteroatoms. The zero-order valence-corrected chi connectivity index (χ0v) is 7.53. The molecule has 0 spiro atoms. The minimum atomic E-state index is -0.326. The summed E-state index contributed by atoms with van der Waals surface area (Å²) < 4.78 is 4.72. The molecular formula is C7H10N6O. The van der Waals surface area contributed by atoms with Crippen LogP contribution in [0.15, 0.2) is 6.33 Å². The van der Waals surface area contributed by atoms with Gasteiger partial charge in [-0.15, -0.1) is 0 Å². The molecule has 0 saturated carbocycles. The molecule has 14 heavy (non-hydrogen) atoms. The Labute approximate surface area is 80.1 Å². The number of rotatable bonds is 1. The molecular weight excluding hydrogens is 184 g/mol. The van der Waals surface area contributed by atoms with Gasteiger partial charge in [-0.25, -0.2) is 9.97 Å². The van der Waals surface area contributed by atoms with E-state index in [2.05, 4.69) is 9.97 Å². The van der Waals surface area contributed by atoms with Gasteiger partial charge in [-0.3, -0.25) is 10.8 Å². The predicted molar refractivity (Wildman–Crippen MR) is 52.2 cm³/mol. The molecule has 0 atom stereocenters. The Balaban J connectivity index is 3.06. The maximum absolute atomic E-state index is 7.44. The minimum Gasteiger partial charge on any atom is -0.425 e. The third kappa shape index (κ3) is 1.94. The van der Waals surface area contributed by atoms with E-state index in [4.69, 9.17) is 27.0 Å². The topological polar surface area (TPSA) is 135 Å². The molecule has 6 N–H and O–H groups in total. The smallest absolute Gasteiger partial charge is 0.228 e. The van der Waals surface area contributed by atoms with Gasteiger partial charge in [0.2, 0.25) is 5.90 Å². The van der Waals surface area contributed by atoms with Gasteiger partial charge < -0.3 is 16.2 Å². The lowest BCUT2D eigenvalue weighted by molar-refractivity contribution is 0.532. The van der Waals surface area contributed by atoms with Crippen LogP contribution in [0.3, 0.4) is 0 Å². The maximum Gasteiger partial charge on any atom is 0.228 e. The van der Waals surface area contributed by atoms with E-state index in [9.17, 15) is 0 Å². The van der Waals surface area contributed by atoms with Crippen molar-refractivity contribution >= 4 is 23.4 Å². The van der Waals surface area contributed by atoms with Crippen LogP contribution in [-0.4, -0.2) is 21.8 Å². The molecule has 0 saturated heterocycles. The van der Waals surface area contributed by atoms with E-state index in [1.54, 1.807) is 0 Å². The van der Waals surface area contributed by atoms with Crippen LogP contribution in [0.5, 0.6) is 0 Å². The Morgan fingerprint density at radius 1 is 1.29 bits per heavy atom. The van der Waals surface area contributed by atoms with Crippen molar-refractivity contribution in [1.82, 2.24) is 9.97 Å². The van der Waals surface area contributed by atoms with Gasteiger partial charge in [0.15, 0.2) is 5.90 Å². The molecule has 7 nitrogen and oxygen atoms in total. The van der Waals surface area contributed by atoms with E-state index in [0.29, 0.717) is 0 Å². The highest BCUT2D eigenvalue weighted by Gasteiger charge is 2.14. The monoisotopic (exact) mass is 194 g/mol. The van der Waals surface area contributed by atoms with E-state index >= 15 is 0 Å². The number of aromatic nitrogens is 2. The van der Waals surface area contributed by atoms with Crippen LogP contribution in [0.25, 0.3) is 0 Å². The van der Waals surface area contributed by atoms with Crippen molar-refractivity contribution in [2.45, 2.75) is 6.92 Å². The normalized spacial score (nSPS) is 9.50. The van der Waals surface area contributed by atoms with Crippen LogP contribution in [0.2, 0.25) is 0 Å². The van der Waals surface area contributed by atoms with Crippen molar-refractivity contribution < 1.29 is 4.74 Å². The summed E-state index contributed by atoms with van der Waals surface area (Å²) in [7, 11) is 0. The SMILES string of the molecule is CC(=N)OC(=N)c1c(N)ncnc1N. The molecule has 0 aliphatic carbocycles. The number of hydrogen-bond donors (Lipinski definition) is 4. The zero-order valence-electron chi connectivity index (χ0n) is 7.53. The van der Waals surface area contributed by atoms with Crippen LogP contribution in [0, 0.1) is 10.8 Å². The second-order valence-corrected chi connectivity index (χ2v) is 2.51. The molecule has 1 heterocycles. The fourth-order valence-electron chi connectivity index (χ4n) is 0.850. The summed E-state index contributed by atoms with van der Waals surface area (Å²) in [6.45, 7) is 1.39. The summed E-state index contributed by atoms with van der Waals surface area (Å²) in [6, 6.07) is 0. The van der Waals surface area contributed by atoms with E-state index in [-0.39, 0.29) is 29.0 Å². The highest BCUT2D eigenvalue weighted by molar-refractivity contribution is 6.04. The molecule has 1 rings (SSSR count). The van der Waals surface area contributed by atoms with Crippen molar-refractivity contribution in [3.05, 3.63) is 11.9 Å². The van der Waals surface area contributed by atoms with E-state index < -0.39 is 0 Å². The summed E-state index contributed by atoms with van der Waals surface area (Å²) in [5, 5.41) is 14.5. The molecule has 0 fully saturated rings. The van der Waals surface area contributed by atoms with Gasteiger partial charge in [0.1, 0.15) is 23.5 Å². The molecule has 0 bridgehead atoms. The molecule has 1 aromatic rings. The lowest BCUT2D eigenvalue weighted by atomic mass is 10.3. The van der Waals surface area contributed by atoms with Crippen LogP contribution < -0.4 is 11.5 Å². The summed E-state index contributed by atoms with van der Waals surface area (Å²) in [6.07, 6.45) is 1.19. The lowest BCUT2D eigenvalue weighted by Gasteiger charge is -2.08. The Morgan fingerprint density at radius 2 is 1.79 bits per heavy atom. The van der Waals surface area contributed by atoms with Gasteiger partial charge in [-0.2, -0.15) is 0 Å². The average molecular weight is 194 g/mol. The van der Waals surface area contributed by atoms with Crippen LogP contribution in [-0.2, 0) is 4.74 Å². The van der Waals surface area contributed by atoms with Crippen molar-refractivity contribution in [3.63, 3.8) is 0 Å². The fourth-order valence-corrected chi connectivity index (χ4v) is 0.850. The highest BCUT2D eigenvalue weighted by Crippen LogP contribution is 2.14. The number of anilines is 2. The highest BCUT2D eigenvalue weighted by atomic mass is 16.5. The first kappa shape index (κ1) is 9.90. The number of nitrogens with one attached hydrogen (secondary N) is 2. The molecule has 0 unspecified atom stereocenters. The Bertz CT molecular complexity index is 368. The van der Waals surface area contributed by atoms with Gasteiger partial charge in [-0.05, 0) is 0 Å². The maximum atomic E-state index is 7.44. The van der Waals surface area contributed by atoms with Crippen molar-refractivity contribution in [2.24, 2.45) is 0 Å². The quantitative estimate of drug-likeness (QED) is 0.368. The predicted octanol–water partition coefficient (Wildman–Crippen LogP) is -0.0199. The third-order valence-corrected chi connectivity index (χ3v) is 1.39. The van der Waals surface area contributed by atoms with Crippen LogP contribution in [0.4, 0.5) is 11.6 Å².